The maximum absolute atomic E-state index is 10.6. The maximum atomic E-state index is 10.6. The Morgan fingerprint density at radius 3 is 2.95 bits per heavy atom. The number of benzene rings is 1. The van der Waals surface area contributed by atoms with Crippen LogP contribution in [0.1, 0.15) is 12.1 Å². The second kappa shape index (κ2) is 4.88. The predicted octanol–water partition coefficient (Wildman–Crippen LogP) is 1.83. The van der Waals surface area contributed by atoms with Crippen LogP contribution < -0.4 is 9.47 Å². The number of hydrogen-bond donors (Lipinski definition) is 1. The van der Waals surface area contributed by atoms with Crippen LogP contribution in [-0.4, -0.2) is 27.6 Å². The van der Waals surface area contributed by atoms with Crippen molar-refractivity contribution in [1.29, 1.82) is 0 Å². The van der Waals surface area contributed by atoms with Crippen LogP contribution >= 0.6 is 0 Å². The van der Waals surface area contributed by atoms with E-state index in [1.165, 1.54) is 0 Å². The first-order chi connectivity index (χ1) is 9.63. The Kier molecular flexibility index (Phi) is 3.06. The summed E-state index contributed by atoms with van der Waals surface area (Å²) in [6.07, 6.45) is 0.505. The molecule has 2 heterocycles. The lowest BCUT2D eigenvalue weighted by Crippen LogP contribution is -1.99. The quantitative estimate of drug-likeness (QED) is 0.920. The highest BCUT2D eigenvalue weighted by atomic mass is 16.7. The van der Waals surface area contributed by atoms with E-state index < -0.39 is 5.97 Å². The Hall–Kier alpha value is -2.50. The molecule has 0 unspecified atom stereocenters. The Morgan fingerprint density at radius 1 is 1.35 bits per heavy atom. The van der Waals surface area contributed by atoms with Gasteiger partial charge >= 0.3 is 5.97 Å². The van der Waals surface area contributed by atoms with Gasteiger partial charge in [-0.25, -0.2) is 0 Å². The normalized spacial score (nSPS) is 12.7. The highest BCUT2D eigenvalue weighted by Crippen LogP contribution is 2.35. The van der Waals surface area contributed by atoms with Crippen molar-refractivity contribution >= 4 is 5.97 Å². The van der Waals surface area contributed by atoms with E-state index >= 15 is 0 Å². The molecule has 0 spiro atoms. The third-order valence-corrected chi connectivity index (χ3v) is 3.19. The number of fused-ring (bicyclic) bond motifs is 1. The van der Waals surface area contributed by atoms with Crippen LogP contribution in [0.2, 0.25) is 0 Å². The molecule has 0 amide bonds. The highest BCUT2D eigenvalue weighted by molar-refractivity contribution is 5.68. The molecule has 6 nitrogen and oxygen atoms in total. The van der Waals surface area contributed by atoms with Crippen molar-refractivity contribution in [2.75, 3.05) is 6.79 Å². The molecule has 20 heavy (non-hydrogen) atoms. The van der Waals surface area contributed by atoms with Crippen molar-refractivity contribution in [3.63, 3.8) is 0 Å². The number of carboxylic acid groups (broad SMARTS) is 1. The molecule has 3 rings (SSSR count). The van der Waals surface area contributed by atoms with E-state index in [9.17, 15) is 4.79 Å². The Labute approximate surface area is 115 Å². The van der Waals surface area contributed by atoms with Crippen LogP contribution in [-0.2, 0) is 18.3 Å². The molecule has 0 aliphatic carbocycles. The predicted molar refractivity (Wildman–Crippen MR) is 70.7 cm³/mol. The lowest BCUT2D eigenvalue weighted by Gasteiger charge is -2.03. The molecule has 0 fully saturated rings. The zero-order valence-corrected chi connectivity index (χ0v) is 11.0. The number of rotatable bonds is 4. The number of hydrogen-bond acceptors (Lipinski definition) is 4. The van der Waals surface area contributed by atoms with Gasteiger partial charge in [0.1, 0.15) is 0 Å². The minimum atomic E-state index is -0.819. The molecule has 104 valence electrons. The van der Waals surface area contributed by atoms with Crippen LogP contribution in [0.4, 0.5) is 0 Å². The van der Waals surface area contributed by atoms with E-state index in [1.54, 1.807) is 4.68 Å². The molecule has 0 saturated heterocycles. The van der Waals surface area contributed by atoms with E-state index in [0.29, 0.717) is 6.42 Å². The molecule has 1 aliphatic rings. The molecular formula is C14H14N2O4. The van der Waals surface area contributed by atoms with Crippen molar-refractivity contribution in [1.82, 2.24) is 9.78 Å². The topological polar surface area (TPSA) is 73.6 Å². The van der Waals surface area contributed by atoms with Crippen molar-refractivity contribution in [2.45, 2.75) is 12.8 Å². The Morgan fingerprint density at radius 2 is 2.15 bits per heavy atom. The molecule has 1 aromatic heterocycles. The summed E-state index contributed by atoms with van der Waals surface area (Å²) in [7, 11) is 1.84. The van der Waals surface area contributed by atoms with Gasteiger partial charge in [-0.1, -0.05) is 0 Å². The van der Waals surface area contributed by atoms with Crippen molar-refractivity contribution in [3.8, 4) is 22.8 Å². The van der Waals surface area contributed by atoms with Crippen molar-refractivity contribution < 1.29 is 19.4 Å². The van der Waals surface area contributed by atoms with E-state index in [-0.39, 0.29) is 13.2 Å². The second-order valence-corrected chi connectivity index (χ2v) is 4.61. The SMILES string of the molecule is Cn1nc(CCC(=O)O)cc1-c1ccc2c(c1)OCO2. The number of carboxylic acids is 1. The minimum Gasteiger partial charge on any atom is -0.481 e. The van der Waals surface area contributed by atoms with Gasteiger partial charge in [-0.15, -0.1) is 0 Å². The largest absolute Gasteiger partial charge is 0.481 e. The zero-order valence-electron chi connectivity index (χ0n) is 11.0. The Bertz CT molecular complexity index is 663. The fourth-order valence-electron chi connectivity index (χ4n) is 2.21. The van der Waals surface area contributed by atoms with Gasteiger partial charge in [-0.05, 0) is 24.3 Å². The summed E-state index contributed by atoms with van der Waals surface area (Å²) < 4.78 is 12.4. The minimum absolute atomic E-state index is 0.0809. The maximum Gasteiger partial charge on any atom is 0.303 e. The molecule has 0 saturated carbocycles. The molecular weight excluding hydrogens is 260 g/mol. The summed E-state index contributed by atoms with van der Waals surface area (Å²) >= 11 is 0. The summed E-state index contributed by atoms with van der Waals surface area (Å²) in [6.45, 7) is 0.244. The van der Waals surface area contributed by atoms with Gasteiger partial charge in [-0.3, -0.25) is 9.48 Å². The van der Waals surface area contributed by atoms with Gasteiger partial charge in [0.25, 0.3) is 0 Å². The summed E-state index contributed by atoms with van der Waals surface area (Å²) in [4.78, 5) is 10.6. The molecule has 1 aliphatic heterocycles. The molecule has 0 atom stereocenters. The van der Waals surface area contributed by atoms with Crippen LogP contribution in [0.25, 0.3) is 11.3 Å². The van der Waals surface area contributed by atoms with Gasteiger partial charge < -0.3 is 14.6 Å². The van der Waals surface area contributed by atoms with E-state index in [2.05, 4.69) is 5.10 Å². The third kappa shape index (κ3) is 2.32. The summed E-state index contributed by atoms with van der Waals surface area (Å²) in [5.74, 6) is 0.637. The summed E-state index contributed by atoms with van der Waals surface area (Å²) in [5.41, 5.74) is 2.65. The van der Waals surface area contributed by atoms with Gasteiger partial charge in [0.2, 0.25) is 6.79 Å². The fraction of sp³-hybridized carbons (Fsp3) is 0.286. The highest BCUT2D eigenvalue weighted by Gasteiger charge is 2.16. The second-order valence-electron chi connectivity index (χ2n) is 4.61. The number of aliphatic carboxylic acids is 1. The number of carbonyl (C=O) groups is 1. The number of nitrogens with zero attached hydrogens (tertiary/aromatic N) is 2. The zero-order chi connectivity index (χ0) is 14.1. The smallest absolute Gasteiger partial charge is 0.303 e. The Balaban J connectivity index is 1.88. The number of aryl methyl sites for hydroxylation is 2. The monoisotopic (exact) mass is 274 g/mol. The molecule has 1 aromatic carbocycles. The molecule has 2 aromatic rings. The number of ether oxygens (including phenoxy) is 2. The summed E-state index contributed by atoms with van der Waals surface area (Å²) in [5, 5.41) is 13.0. The molecule has 1 N–H and O–H groups in total. The van der Waals surface area contributed by atoms with Crippen molar-refractivity contribution in [2.24, 2.45) is 7.05 Å². The first-order valence-corrected chi connectivity index (χ1v) is 6.28. The van der Waals surface area contributed by atoms with Gasteiger partial charge in [-0.2, -0.15) is 5.10 Å². The van der Waals surface area contributed by atoms with E-state index in [4.69, 9.17) is 14.6 Å². The van der Waals surface area contributed by atoms with Crippen molar-refractivity contribution in [3.05, 3.63) is 30.0 Å². The van der Waals surface area contributed by atoms with Gasteiger partial charge in [0, 0.05) is 19.0 Å². The number of aromatic nitrogens is 2. The van der Waals surface area contributed by atoms with Gasteiger partial charge in [0.05, 0.1) is 17.8 Å². The van der Waals surface area contributed by atoms with E-state index in [0.717, 1.165) is 28.5 Å². The van der Waals surface area contributed by atoms with Crippen LogP contribution in [0.3, 0.4) is 0 Å². The average Bonchev–Trinajstić information content (AvgIpc) is 3.01. The lowest BCUT2D eigenvalue weighted by molar-refractivity contribution is -0.136. The first kappa shape index (κ1) is 12.5. The fourth-order valence-corrected chi connectivity index (χ4v) is 2.21. The van der Waals surface area contributed by atoms with Gasteiger partial charge in [0.15, 0.2) is 11.5 Å². The third-order valence-electron chi connectivity index (χ3n) is 3.19. The van der Waals surface area contributed by atoms with E-state index in [1.807, 2.05) is 31.3 Å². The molecule has 0 bridgehead atoms. The standard InChI is InChI=1S/C14H14N2O4/c1-16-11(7-10(15-16)3-5-14(17)18)9-2-4-12-13(6-9)20-8-19-12/h2,4,6-7H,3,5,8H2,1H3,(H,17,18). The molecule has 0 radical (unpaired) electrons. The summed E-state index contributed by atoms with van der Waals surface area (Å²) in [6, 6.07) is 7.61. The van der Waals surface area contributed by atoms with Crippen LogP contribution in [0.15, 0.2) is 24.3 Å². The van der Waals surface area contributed by atoms with Crippen LogP contribution in [0, 0.1) is 0 Å². The lowest BCUT2D eigenvalue weighted by atomic mass is 10.1. The molecule has 6 heteroatoms. The average molecular weight is 274 g/mol. The first-order valence-electron chi connectivity index (χ1n) is 6.28. The van der Waals surface area contributed by atoms with Crippen LogP contribution in [0.5, 0.6) is 11.5 Å².